The zero-order valence-corrected chi connectivity index (χ0v) is 16.7. The highest BCUT2D eigenvalue weighted by molar-refractivity contribution is 8.00. The number of amides is 1. The molecule has 6 heteroatoms. The Morgan fingerprint density at radius 1 is 1.07 bits per heavy atom. The topological polar surface area (TPSA) is 59.8 Å². The van der Waals surface area contributed by atoms with Gasteiger partial charge in [0.2, 0.25) is 5.91 Å². The quantitative estimate of drug-likeness (QED) is 0.622. The first-order valence-corrected chi connectivity index (χ1v) is 9.89. The summed E-state index contributed by atoms with van der Waals surface area (Å²) in [5.41, 5.74) is 3.24. The number of thioether (sulfide) groups is 1. The van der Waals surface area contributed by atoms with Crippen molar-refractivity contribution < 1.29 is 4.79 Å². The predicted octanol–water partition coefficient (Wildman–Crippen LogP) is 4.26. The predicted molar refractivity (Wildman–Crippen MR) is 110 cm³/mol. The minimum Gasteiger partial charge on any atom is -0.325 e. The van der Waals surface area contributed by atoms with Gasteiger partial charge in [-0.05, 0) is 44.9 Å². The summed E-state index contributed by atoms with van der Waals surface area (Å²) in [5, 5.41) is 11.9. The molecule has 0 radical (unpaired) electrons. The number of carbonyl (C=O) groups excluding carboxylic acids is 1. The molecule has 1 amide bonds. The molecule has 1 N–H and O–H groups in total. The van der Waals surface area contributed by atoms with E-state index in [0.717, 1.165) is 35.2 Å². The first kappa shape index (κ1) is 19.2. The summed E-state index contributed by atoms with van der Waals surface area (Å²) in [5.74, 6) is 0.818. The van der Waals surface area contributed by atoms with Gasteiger partial charge >= 0.3 is 0 Å². The average Bonchev–Trinajstić information content (AvgIpc) is 3.02. The van der Waals surface area contributed by atoms with Crippen LogP contribution in [0.2, 0.25) is 0 Å². The Hall–Kier alpha value is -2.60. The van der Waals surface area contributed by atoms with E-state index in [4.69, 9.17) is 0 Å². The number of nitrogens with one attached hydrogen (secondary N) is 1. The van der Waals surface area contributed by atoms with Crippen LogP contribution in [-0.2, 0) is 17.8 Å². The van der Waals surface area contributed by atoms with Crippen LogP contribution >= 0.6 is 11.8 Å². The maximum atomic E-state index is 12.5. The smallest absolute Gasteiger partial charge is 0.237 e. The fourth-order valence-electron chi connectivity index (χ4n) is 2.68. The molecule has 0 spiro atoms. The second-order valence-electron chi connectivity index (χ2n) is 6.53. The van der Waals surface area contributed by atoms with Gasteiger partial charge in [0, 0.05) is 12.2 Å². The van der Waals surface area contributed by atoms with E-state index in [1.54, 1.807) is 0 Å². The molecule has 0 fully saturated rings. The summed E-state index contributed by atoms with van der Waals surface area (Å²) < 4.78 is 2.08. The van der Waals surface area contributed by atoms with Crippen LogP contribution in [0.3, 0.4) is 0 Å². The summed E-state index contributed by atoms with van der Waals surface area (Å²) in [4.78, 5) is 12.5. The second kappa shape index (κ2) is 8.86. The van der Waals surface area contributed by atoms with Gasteiger partial charge in [-0.1, -0.05) is 59.8 Å². The third-order valence-corrected chi connectivity index (χ3v) is 5.42. The van der Waals surface area contributed by atoms with Crippen LogP contribution in [0.4, 0.5) is 5.69 Å². The van der Waals surface area contributed by atoms with Crippen LogP contribution in [-0.4, -0.2) is 25.9 Å². The van der Waals surface area contributed by atoms with Crippen LogP contribution in [0.15, 0.2) is 59.8 Å². The SMILES string of the molecule is Cc1ccc(NC(=O)C(C)Sc2nnc(C)n2CCc2ccccc2)cc1. The molecule has 140 valence electrons. The average molecular weight is 381 g/mol. The lowest BCUT2D eigenvalue weighted by molar-refractivity contribution is -0.115. The highest BCUT2D eigenvalue weighted by atomic mass is 32.2. The molecule has 0 bridgehead atoms. The van der Waals surface area contributed by atoms with Crippen molar-refractivity contribution in [3.8, 4) is 0 Å². The van der Waals surface area contributed by atoms with E-state index in [1.165, 1.54) is 17.3 Å². The Balaban J connectivity index is 1.62. The summed E-state index contributed by atoms with van der Waals surface area (Å²) in [6.45, 7) is 6.64. The summed E-state index contributed by atoms with van der Waals surface area (Å²) >= 11 is 1.43. The van der Waals surface area contributed by atoms with Crippen molar-refractivity contribution in [1.82, 2.24) is 14.8 Å². The van der Waals surface area contributed by atoms with Gasteiger partial charge < -0.3 is 9.88 Å². The zero-order valence-electron chi connectivity index (χ0n) is 15.8. The van der Waals surface area contributed by atoms with Crippen molar-refractivity contribution in [3.63, 3.8) is 0 Å². The number of aryl methyl sites for hydroxylation is 3. The molecule has 5 nitrogen and oxygen atoms in total. The minimum atomic E-state index is -0.273. The molecule has 1 atom stereocenters. The van der Waals surface area contributed by atoms with E-state index in [9.17, 15) is 4.79 Å². The van der Waals surface area contributed by atoms with E-state index >= 15 is 0 Å². The van der Waals surface area contributed by atoms with Gasteiger partial charge in [-0.25, -0.2) is 0 Å². The normalized spacial score (nSPS) is 12.0. The highest BCUT2D eigenvalue weighted by Gasteiger charge is 2.19. The summed E-state index contributed by atoms with van der Waals surface area (Å²) in [6, 6.07) is 18.1. The third-order valence-electron chi connectivity index (χ3n) is 4.34. The summed E-state index contributed by atoms with van der Waals surface area (Å²) in [7, 11) is 0. The molecule has 1 unspecified atom stereocenters. The molecule has 1 heterocycles. The fourth-order valence-corrected chi connectivity index (χ4v) is 3.60. The van der Waals surface area contributed by atoms with Crippen molar-refractivity contribution in [1.29, 1.82) is 0 Å². The third kappa shape index (κ3) is 5.20. The van der Waals surface area contributed by atoms with Crippen molar-refractivity contribution in [2.45, 2.75) is 44.1 Å². The number of carbonyl (C=O) groups is 1. The molecular weight excluding hydrogens is 356 g/mol. The molecule has 2 aromatic carbocycles. The standard InChI is InChI=1S/C21H24N4OS/c1-15-9-11-19(12-10-15)22-20(26)16(2)27-21-24-23-17(3)25(21)14-13-18-7-5-4-6-8-18/h4-12,16H,13-14H2,1-3H3,(H,22,26). The van der Waals surface area contributed by atoms with Crippen molar-refractivity contribution in [3.05, 3.63) is 71.5 Å². The lowest BCUT2D eigenvalue weighted by atomic mass is 10.1. The highest BCUT2D eigenvalue weighted by Crippen LogP contribution is 2.24. The van der Waals surface area contributed by atoms with Gasteiger partial charge in [-0.3, -0.25) is 4.79 Å². The molecular formula is C21H24N4OS. The molecule has 0 saturated heterocycles. The summed E-state index contributed by atoms with van der Waals surface area (Å²) in [6.07, 6.45) is 0.900. The van der Waals surface area contributed by atoms with Crippen LogP contribution in [0.5, 0.6) is 0 Å². The van der Waals surface area contributed by atoms with Gasteiger partial charge in [-0.2, -0.15) is 0 Å². The van der Waals surface area contributed by atoms with E-state index in [0.29, 0.717) is 0 Å². The molecule has 1 aromatic heterocycles. The van der Waals surface area contributed by atoms with E-state index in [2.05, 4.69) is 32.2 Å². The van der Waals surface area contributed by atoms with Gasteiger partial charge in [0.05, 0.1) is 5.25 Å². The molecule has 0 aliphatic heterocycles. The van der Waals surface area contributed by atoms with E-state index in [1.807, 2.05) is 63.2 Å². The van der Waals surface area contributed by atoms with E-state index < -0.39 is 0 Å². The van der Waals surface area contributed by atoms with E-state index in [-0.39, 0.29) is 11.2 Å². The molecule has 3 rings (SSSR count). The number of rotatable bonds is 7. The van der Waals surface area contributed by atoms with Gasteiger partial charge in [0.1, 0.15) is 5.82 Å². The fraction of sp³-hybridized carbons (Fsp3) is 0.286. The Bertz CT molecular complexity index is 890. The molecule has 0 aliphatic rings. The van der Waals surface area contributed by atoms with Gasteiger partial charge in [-0.15, -0.1) is 10.2 Å². The Kier molecular flexibility index (Phi) is 6.29. The minimum absolute atomic E-state index is 0.0425. The lowest BCUT2D eigenvalue weighted by Gasteiger charge is -2.13. The molecule has 3 aromatic rings. The van der Waals surface area contributed by atoms with Crippen LogP contribution in [0.1, 0.15) is 23.9 Å². The largest absolute Gasteiger partial charge is 0.325 e. The number of hydrogen-bond acceptors (Lipinski definition) is 4. The lowest BCUT2D eigenvalue weighted by Crippen LogP contribution is -2.23. The van der Waals surface area contributed by atoms with Crippen molar-refractivity contribution in [2.75, 3.05) is 5.32 Å². The number of benzene rings is 2. The van der Waals surface area contributed by atoms with Gasteiger partial charge in [0.15, 0.2) is 5.16 Å². The number of aromatic nitrogens is 3. The van der Waals surface area contributed by atoms with Crippen LogP contribution < -0.4 is 5.32 Å². The van der Waals surface area contributed by atoms with Gasteiger partial charge in [0.25, 0.3) is 0 Å². The molecule has 0 aliphatic carbocycles. The monoisotopic (exact) mass is 380 g/mol. The molecule has 27 heavy (non-hydrogen) atoms. The Labute approximate surface area is 164 Å². The maximum absolute atomic E-state index is 12.5. The maximum Gasteiger partial charge on any atom is 0.237 e. The Morgan fingerprint density at radius 3 is 2.48 bits per heavy atom. The van der Waals surface area contributed by atoms with Crippen molar-refractivity contribution in [2.24, 2.45) is 0 Å². The second-order valence-corrected chi connectivity index (χ2v) is 7.84. The first-order chi connectivity index (χ1) is 13.0. The van der Waals surface area contributed by atoms with Crippen molar-refractivity contribution >= 4 is 23.4 Å². The Morgan fingerprint density at radius 2 is 1.78 bits per heavy atom. The van der Waals surface area contributed by atoms with Crippen LogP contribution in [0, 0.1) is 13.8 Å². The number of anilines is 1. The number of nitrogens with zero attached hydrogens (tertiary/aromatic N) is 3. The van der Waals surface area contributed by atoms with Crippen LogP contribution in [0.25, 0.3) is 0 Å². The zero-order chi connectivity index (χ0) is 19.2. The first-order valence-electron chi connectivity index (χ1n) is 9.01. The number of hydrogen-bond donors (Lipinski definition) is 1. The molecule has 0 saturated carbocycles.